The number of nitrogens with one attached hydrogen (secondary N) is 1. The fourth-order valence-corrected chi connectivity index (χ4v) is 2.87. The van der Waals surface area contributed by atoms with E-state index < -0.39 is 12.1 Å². The van der Waals surface area contributed by atoms with E-state index in [2.05, 4.69) is 27.9 Å². The van der Waals surface area contributed by atoms with Crippen LogP contribution in [0, 0.1) is 9.49 Å². The van der Waals surface area contributed by atoms with Gasteiger partial charge in [-0.15, -0.1) is 0 Å². The van der Waals surface area contributed by atoms with Gasteiger partial charge < -0.3 is 5.32 Å². The Balaban J connectivity index is 2.44. The number of benzene rings is 1. The average molecular weight is 372 g/mol. The fourth-order valence-electron chi connectivity index (χ4n) is 2.22. The smallest absolute Gasteiger partial charge is 0.250 e. The summed E-state index contributed by atoms with van der Waals surface area (Å²) in [6.07, 6.45) is 0. The second-order valence-electron chi connectivity index (χ2n) is 5.07. The largest absolute Gasteiger partial charge is 0.342 e. The maximum Gasteiger partial charge on any atom is 0.250 e. The molecule has 102 valence electrons. The second-order valence-corrected chi connectivity index (χ2v) is 6.23. The molecule has 1 aliphatic heterocycles. The van der Waals surface area contributed by atoms with Crippen LogP contribution in [0.2, 0.25) is 0 Å². The van der Waals surface area contributed by atoms with Gasteiger partial charge in [0.2, 0.25) is 5.91 Å². The molecule has 0 saturated carbocycles. The minimum absolute atomic E-state index is 0.0359. The van der Waals surface area contributed by atoms with Crippen LogP contribution < -0.4 is 10.2 Å². The Hall–Kier alpha value is -1.11. The Bertz CT molecular complexity index is 516. The maximum absolute atomic E-state index is 12.6. The van der Waals surface area contributed by atoms with Gasteiger partial charge in [-0.1, -0.05) is 26.0 Å². The third-order valence-electron chi connectivity index (χ3n) is 3.35. The summed E-state index contributed by atoms with van der Waals surface area (Å²) in [4.78, 5) is 26.2. The molecule has 19 heavy (non-hydrogen) atoms. The SMILES string of the molecule is CC(C)C1NC(=O)C(C)N(c2ccccc2I)C1=O. The van der Waals surface area contributed by atoms with Gasteiger partial charge in [0.15, 0.2) is 0 Å². The molecule has 2 atom stereocenters. The number of nitrogens with zero attached hydrogens (tertiary/aromatic N) is 1. The standard InChI is InChI=1S/C14H17IN2O2/c1-8(2)12-14(19)17(9(3)13(18)16-12)11-7-5-4-6-10(11)15/h4-9,12H,1-3H3,(H,16,18). The van der Waals surface area contributed by atoms with E-state index in [1.165, 1.54) is 0 Å². The topological polar surface area (TPSA) is 49.4 Å². The zero-order valence-corrected chi connectivity index (χ0v) is 13.3. The van der Waals surface area contributed by atoms with Crippen LogP contribution in [-0.4, -0.2) is 23.9 Å². The number of amides is 2. The first-order valence-electron chi connectivity index (χ1n) is 6.31. The van der Waals surface area contributed by atoms with Crippen molar-refractivity contribution in [3.63, 3.8) is 0 Å². The third kappa shape index (κ3) is 2.61. The predicted molar refractivity (Wildman–Crippen MR) is 82.9 cm³/mol. The van der Waals surface area contributed by atoms with Crippen LogP contribution in [0.1, 0.15) is 20.8 Å². The summed E-state index contributed by atoms with van der Waals surface area (Å²) in [5.41, 5.74) is 0.807. The number of hydrogen-bond acceptors (Lipinski definition) is 2. The average Bonchev–Trinajstić information content (AvgIpc) is 2.36. The van der Waals surface area contributed by atoms with Gasteiger partial charge in [0, 0.05) is 3.57 Å². The first kappa shape index (κ1) is 14.3. The molecule has 1 aromatic carbocycles. The van der Waals surface area contributed by atoms with Crippen molar-refractivity contribution < 1.29 is 9.59 Å². The Labute approximate surface area is 126 Å². The van der Waals surface area contributed by atoms with Gasteiger partial charge in [-0.3, -0.25) is 14.5 Å². The van der Waals surface area contributed by atoms with Crippen molar-refractivity contribution in [3.05, 3.63) is 27.8 Å². The molecule has 0 spiro atoms. The predicted octanol–water partition coefficient (Wildman–Crippen LogP) is 2.17. The molecule has 1 N–H and O–H groups in total. The van der Waals surface area contributed by atoms with Gasteiger partial charge >= 0.3 is 0 Å². The lowest BCUT2D eigenvalue weighted by Gasteiger charge is -2.39. The summed E-state index contributed by atoms with van der Waals surface area (Å²) < 4.78 is 0.970. The number of anilines is 1. The molecule has 1 aliphatic rings. The van der Waals surface area contributed by atoms with Crippen molar-refractivity contribution in [1.29, 1.82) is 0 Å². The van der Waals surface area contributed by atoms with Crippen molar-refractivity contribution in [1.82, 2.24) is 5.32 Å². The first-order valence-corrected chi connectivity index (χ1v) is 7.39. The number of para-hydroxylation sites is 1. The second kappa shape index (κ2) is 5.48. The minimum atomic E-state index is -0.474. The van der Waals surface area contributed by atoms with E-state index in [4.69, 9.17) is 0 Å². The Morgan fingerprint density at radius 3 is 2.47 bits per heavy atom. The van der Waals surface area contributed by atoms with E-state index in [0.717, 1.165) is 9.26 Å². The van der Waals surface area contributed by atoms with Crippen LogP contribution in [0.5, 0.6) is 0 Å². The molecular weight excluding hydrogens is 355 g/mol. The highest BCUT2D eigenvalue weighted by Gasteiger charge is 2.40. The summed E-state index contributed by atoms with van der Waals surface area (Å²) in [6, 6.07) is 6.70. The van der Waals surface area contributed by atoms with Crippen molar-refractivity contribution in [2.24, 2.45) is 5.92 Å². The molecule has 1 aromatic rings. The van der Waals surface area contributed by atoms with Crippen molar-refractivity contribution in [2.45, 2.75) is 32.9 Å². The summed E-state index contributed by atoms with van der Waals surface area (Å²) in [5.74, 6) is -0.0583. The van der Waals surface area contributed by atoms with Crippen LogP contribution >= 0.6 is 22.6 Å². The fraction of sp³-hybridized carbons (Fsp3) is 0.429. The molecule has 0 aromatic heterocycles. The molecule has 2 unspecified atom stereocenters. The molecule has 0 radical (unpaired) electrons. The Morgan fingerprint density at radius 1 is 1.26 bits per heavy atom. The van der Waals surface area contributed by atoms with Crippen molar-refractivity contribution in [3.8, 4) is 0 Å². The van der Waals surface area contributed by atoms with E-state index in [1.54, 1.807) is 11.8 Å². The zero-order valence-electron chi connectivity index (χ0n) is 11.2. The zero-order chi connectivity index (χ0) is 14.2. The van der Waals surface area contributed by atoms with Crippen LogP contribution in [0.4, 0.5) is 5.69 Å². The van der Waals surface area contributed by atoms with E-state index in [-0.39, 0.29) is 17.7 Å². The maximum atomic E-state index is 12.6. The lowest BCUT2D eigenvalue weighted by Crippen LogP contribution is -2.64. The molecule has 2 rings (SSSR count). The monoisotopic (exact) mass is 372 g/mol. The highest BCUT2D eigenvalue weighted by Crippen LogP contribution is 2.27. The van der Waals surface area contributed by atoms with Gasteiger partial charge in [0.1, 0.15) is 12.1 Å². The lowest BCUT2D eigenvalue weighted by molar-refractivity contribution is -0.134. The lowest BCUT2D eigenvalue weighted by atomic mass is 9.98. The van der Waals surface area contributed by atoms with Gasteiger partial charge in [0.25, 0.3) is 5.91 Å². The van der Waals surface area contributed by atoms with Crippen LogP contribution in [0.3, 0.4) is 0 Å². The number of carbonyl (C=O) groups is 2. The number of rotatable bonds is 2. The Morgan fingerprint density at radius 2 is 1.89 bits per heavy atom. The highest BCUT2D eigenvalue weighted by atomic mass is 127. The van der Waals surface area contributed by atoms with Gasteiger partial charge in [-0.05, 0) is 47.6 Å². The van der Waals surface area contributed by atoms with E-state index in [0.29, 0.717) is 0 Å². The molecule has 5 heteroatoms. The van der Waals surface area contributed by atoms with E-state index >= 15 is 0 Å². The summed E-state index contributed by atoms with van der Waals surface area (Å²) in [7, 11) is 0. The molecule has 1 saturated heterocycles. The summed E-state index contributed by atoms with van der Waals surface area (Å²) >= 11 is 2.19. The van der Waals surface area contributed by atoms with Crippen molar-refractivity contribution in [2.75, 3.05) is 4.90 Å². The third-order valence-corrected chi connectivity index (χ3v) is 4.26. The van der Waals surface area contributed by atoms with Crippen LogP contribution in [-0.2, 0) is 9.59 Å². The number of carbonyl (C=O) groups excluding carboxylic acids is 2. The van der Waals surface area contributed by atoms with E-state index in [1.807, 2.05) is 38.1 Å². The molecule has 1 fully saturated rings. The molecule has 1 heterocycles. The van der Waals surface area contributed by atoms with Crippen LogP contribution in [0.15, 0.2) is 24.3 Å². The molecule has 0 bridgehead atoms. The van der Waals surface area contributed by atoms with E-state index in [9.17, 15) is 9.59 Å². The first-order chi connectivity index (χ1) is 8.93. The number of piperazine rings is 1. The minimum Gasteiger partial charge on any atom is -0.342 e. The summed E-state index contributed by atoms with van der Waals surface area (Å²) in [5, 5.41) is 2.80. The number of halogens is 1. The molecule has 0 aliphatic carbocycles. The van der Waals surface area contributed by atoms with Gasteiger partial charge in [-0.2, -0.15) is 0 Å². The highest BCUT2D eigenvalue weighted by molar-refractivity contribution is 14.1. The Kier molecular flexibility index (Phi) is 4.13. The molecular formula is C14H17IN2O2. The van der Waals surface area contributed by atoms with Crippen molar-refractivity contribution >= 4 is 40.1 Å². The van der Waals surface area contributed by atoms with Gasteiger partial charge in [0.05, 0.1) is 5.69 Å². The molecule has 2 amide bonds. The normalized spacial score (nSPS) is 23.7. The van der Waals surface area contributed by atoms with Gasteiger partial charge in [-0.25, -0.2) is 0 Å². The molecule has 4 nitrogen and oxygen atoms in total. The quantitative estimate of drug-likeness (QED) is 0.810. The van der Waals surface area contributed by atoms with Crippen LogP contribution in [0.25, 0.3) is 0 Å². The summed E-state index contributed by atoms with van der Waals surface area (Å²) in [6.45, 7) is 5.63. The number of hydrogen-bond donors (Lipinski definition) is 1.